The third-order valence-electron chi connectivity index (χ3n) is 6.76. The van der Waals surface area contributed by atoms with E-state index in [9.17, 15) is 18.0 Å². The van der Waals surface area contributed by atoms with Gasteiger partial charge in [-0.2, -0.15) is 4.31 Å². The van der Waals surface area contributed by atoms with Gasteiger partial charge in [0.05, 0.1) is 34.0 Å². The number of sulfonamides is 1. The van der Waals surface area contributed by atoms with E-state index in [1.165, 1.54) is 44.8 Å². The van der Waals surface area contributed by atoms with Crippen LogP contribution >= 0.6 is 22.9 Å². The highest BCUT2D eigenvalue weighted by molar-refractivity contribution is 7.89. The maximum absolute atomic E-state index is 13.8. The highest BCUT2D eigenvalue weighted by Gasteiger charge is 2.31. The van der Waals surface area contributed by atoms with Crippen LogP contribution in [0.15, 0.2) is 65.7 Å². The molecule has 1 aliphatic heterocycles. The predicted octanol–water partition coefficient (Wildman–Crippen LogP) is 4.96. The van der Waals surface area contributed by atoms with Gasteiger partial charge in [0, 0.05) is 43.0 Å². The summed E-state index contributed by atoms with van der Waals surface area (Å²) in [4.78, 5) is 38.0. The smallest absolute Gasteiger partial charge is 0.409 e. The van der Waals surface area contributed by atoms with Crippen molar-refractivity contribution in [2.45, 2.75) is 25.3 Å². The minimum absolute atomic E-state index is 0.0696. The van der Waals surface area contributed by atoms with Crippen molar-refractivity contribution >= 4 is 60.3 Å². The van der Waals surface area contributed by atoms with E-state index in [4.69, 9.17) is 21.3 Å². The fourth-order valence-electron chi connectivity index (χ4n) is 4.48. The second-order valence-corrected chi connectivity index (χ2v) is 12.7. The van der Waals surface area contributed by atoms with Crippen LogP contribution in [0.1, 0.15) is 28.5 Å². The number of carbonyl (C=O) groups excluding carboxylic acids is 2. The van der Waals surface area contributed by atoms with Gasteiger partial charge in [-0.25, -0.2) is 18.2 Å². The molecule has 1 aliphatic rings. The molecule has 13 heteroatoms. The predicted molar refractivity (Wildman–Crippen MR) is 158 cm³/mol. The normalized spacial score (nSPS) is 14.3. The topological polar surface area (TPSA) is 113 Å². The lowest BCUT2D eigenvalue weighted by molar-refractivity contribution is 0.0933. The summed E-state index contributed by atoms with van der Waals surface area (Å²) in [6.45, 7) is 4.83. The third-order valence-corrected chi connectivity index (χ3v) is 10.1. The number of benzene rings is 2. The summed E-state index contributed by atoms with van der Waals surface area (Å²) in [6, 6.07) is 15.0. The molecule has 0 radical (unpaired) electrons. The number of pyridine rings is 1. The Labute approximate surface area is 247 Å². The number of carbonyl (C=O) groups is 2. The quantitative estimate of drug-likeness (QED) is 0.289. The first kappa shape index (κ1) is 28.9. The fourth-order valence-corrected chi connectivity index (χ4v) is 7.08. The summed E-state index contributed by atoms with van der Waals surface area (Å²) in [5.41, 5.74) is 2.53. The Bertz CT molecular complexity index is 1670. The van der Waals surface area contributed by atoms with Crippen molar-refractivity contribution in [2.24, 2.45) is 0 Å². The molecule has 0 saturated carbocycles. The Morgan fingerprint density at radius 1 is 1.05 bits per heavy atom. The van der Waals surface area contributed by atoms with E-state index in [0.717, 1.165) is 15.8 Å². The Morgan fingerprint density at radius 2 is 1.78 bits per heavy atom. The number of nitrogens with zero attached hydrogens (tertiary/aromatic N) is 5. The van der Waals surface area contributed by atoms with Gasteiger partial charge < -0.3 is 9.64 Å². The molecule has 1 saturated heterocycles. The summed E-state index contributed by atoms with van der Waals surface area (Å²) in [6.07, 6.45) is 1.21. The molecule has 0 unspecified atom stereocenters. The number of thiazole rings is 1. The summed E-state index contributed by atoms with van der Waals surface area (Å²) >= 11 is 7.67. The van der Waals surface area contributed by atoms with Crippen molar-refractivity contribution in [3.8, 4) is 0 Å². The highest BCUT2D eigenvalue weighted by Crippen LogP contribution is 2.35. The van der Waals surface area contributed by atoms with E-state index in [1.807, 2.05) is 31.2 Å². The van der Waals surface area contributed by atoms with Crippen molar-refractivity contribution in [2.75, 3.05) is 37.7 Å². The average molecular weight is 614 g/mol. The molecule has 5 rings (SSSR count). The Kier molecular flexibility index (Phi) is 8.55. The van der Waals surface area contributed by atoms with Crippen LogP contribution < -0.4 is 4.90 Å². The molecule has 10 nitrogen and oxygen atoms in total. The lowest BCUT2D eigenvalue weighted by atomic mass is 10.2. The SMILES string of the molecule is CCOC(=O)N1CCN(S(=O)(=O)c2ccc(C(=O)N(Cc3ccccn3)c3nc4c(C)c(Cl)ccc4s3)cc2)CC1. The van der Waals surface area contributed by atoms with Gasteiger partial charge in [0.15, 0.2) is 5.13 Å². The van der Waals surface area contributed by atoms with E-state index >= 15 is 0 Å². The number of rotatable bonds is 7. The lowest BCUT2D eigenvalue weighted by Gasteiger charge is -2.33. The van der Waals surface area contributed by atoms with Gasteiger partial charge in [0.25, 0.3) is 5.91 Å². The number of fused-ring (bicyclic) bond motifs is 1. The fraction of sp³-hybridized carbons (Fsp3) is 0.286. The maximum atomic E-state index is 13.8. The minimum Gasteiger partial charge on any atom is -0.450 e. The summed E-state index contributed by atoms with van der Waals surface area (Å²) in [5, 5.41) is 1.08. The standard InChI is InChI=1S/C28H28ClN5O5S2/c1-3-39-28(36)32-14-16-33(17-15-32)41(37,38)22-9-7-20(8-10-22)26(35)34(18-21-6-4-5-13-30-21)27-31-25-19(2)23(29)11-12-24(25)40-27/h4-13H,3,14-18H2,1-2H3. The minimum atomic E-state index is -3.82. The molecule has 0 aliphatic carbocycles. The Morgan fingerprint density at radius 3 is 2.44 bits per heavy atom. The molecule has 4 aromatic rings. The molecule has 3 heterocycles. The van der Waals surface area contributed by atoms with Crippen molar-refractivity contribution < 1.29 is 22.7 Å². The van der Waals surface area contributed by atoms with E-state index in [0.29, 0.717) is 21.4 Å². The van der Waals surface area contributed by atoms with Crippen molar-refractivity contribution in [1.29, 1.82) is 0 Å². The van der Waals surface area contributed by atoms with Gasteiger partial charge in [-0.15, -0.1) is 0 Å². The number of ether oxygens (including phenoxy) is 1. The van der Waals surface area contributed by atoms with Crippen LogP contribution in [0.2, 0.25) is 5.02 Å². The van der Waals surface area contributed by atoms with Crippen LogP contribution in [-0.4, -0.2) is 72.4 Å². The second-order valence-electron chi connectivity index (χ2n) is 9.34. The van der Waals surface area contributed by atoms with E-state index in [-0.39, 0.29) is 50.1 Å². The van der Waals surface area contributed by atoms with Crippen LogP contribution in [0, 0.1) is 6.92 Å². The number of aryl methyl sites for hydroxylation is 1. The van der Waals surface area contributed by atoms with Crippen LogP contribution in [-0.2, 0) is 21.3 Å². The number of piperazine rings is 1. The average Bonchev–Trinajstić information content (AvgIpc) is 3.43. The van der Waals surface area contributed by atoms with E-state index < -0.39 is 16.1 Å². The first-order valence-corrected chi connectivity index (χ1v) is 15.6. The first-order chi connectivity index (χ1) is 19.7. The van der Waals surface area contributed by atoms with Gasteiger partial charge in [0.1, 0.15) is 0 Å². The summed E-state index contributed by atoms with van der Waals surface area (Å²) < 4.78 is 33.8. The van der Waals surface area contributed by atoms with Crippen LogP contribution in [0.4, 0.5) is 9.93 Å². The zero-order valence-electron chi connectivity index (χ0n) is 22.5. The molecule has 41 heavy (non-hydrogen) atoms. The zero-order valence-corrected chi connectivity index (χ0v) is 24.9. The Hall–Kier alpha value is -3.58. The van der Waals surface area contributed by atoms with Crippen LogP contribution in [0.25, 0.3) is 10.2 Å². The second kappa shape index (κ2) is 12.1. The maximum Gasteiger partial charge on any atom is 0.409 e. The van der Waals surface area contributed by atoms with Crippen molar-refractivity contribution in [1.82, 2.24) is 19.2 Å². The molecule has 214 valence electrons. The van der Waals surface area contributed by atoms with Crippen molar-refractivity contribution in [3.05, 3.63) is 82.6 Å². The number of anilines is 1. The van der Waals surface area contributed by atoms with Crippen LogP contribution in [0.3, 0.4) is 0 Å². The molecular formula is C28H28ClN5O5S2. The monoisotopic (exact) mass is 613 g/mol. The molecule has 0 N–H and O–H groups in total. The Balaban J connectivity index is 1.39. The van der Waals surface area contributed by atoms with E-state index in [2.05, 4.69) is 4.98 Å². The number of aromatic nitrogens is 2. The number of halogens is 1. The van der Waals surface area contributed by atoms with Crippen LogP contribution in [0.5, 0.6) is 0 Å². The van der Waals surface area contributed by atoms with Gasteiger partial charge in [0.2, 0.25) is 10.0 Å². The molecule has 2 aromatic carbocycles. The zero-order chi connectivity index (χ0) is 29.1. The highest BCUT2D eigenvalue weighted by atomic mass is 35.5. The summed E-state index contributed by atoms with van der Waals surface area (Å²) in [5.74, 6) is -0.342. The number of hydrogen-bond acceptors (Lipinski definition) is 8. The molecule has 1 fully saturated rings. The number of amides is 2. The van der Waals surface area contributed by atoms with Gasteiger partial charge in [-0.1, -0.05) is 29.0 Å². The van der Waals surface area contributed by atoms with Gasteiger partial charge in [-0.3, -0.25) is 14.7 Å². The third kappa shape index (κ3) is 6.05. The molecule has 0 bridgehead atoms. The van der Waals surface area contributed by atoms with Gasteiger partial charge in [-0.05, 0) is 67.9 Å². The molecular weight excluding hydrogens is 586 g/mol. The lowest BCUT2D eigenvalue weighted by Crippen LogP contribution is -2.50. The number of hydrogen-bond donors (Lipinski definition) is 0. The van der Waals surface area contributed by atoms with E-state index in [1.54, 1.807) is 24.1 Å². The van der Waals surface area contributed by atoms with Crippen molar-refractivity contribution in [3.63, 3.8) is 0 Å². The van der Waals surface area contributed by atoms with Gasteiger partial charge >= 0.3 is 6.09 Å². The molecule has 0 atom stereocenters. The molecule has 2 aromatic heterocycles. The first-order valence-electron chi connectivity index (χ1n) is 13.0. The molecule has 2 amide bonds. The summed E-state index contributed by atoms with van der Waals surface area (Å²) in [7, 11) is -3.82. The largest absolute Gasteiger partial charge is 0.450 e. The molecule has 0 spiro atoms.